The molecule has 2 rings (SSSR count). The van der Waals surface area contributed by atoms with E-state index in [-0.39, 0.29) is 5.91 Å². The maximum absolute atomic E-state index is 11.6. The van der Waals surface area contributed by atoms with Gasteiger partial charge in [0.1, 0.15) is 12.3 Å². The predicted molar refractivity (Wildman–Crippen MR) is 71.8 cm³/mol. The molecule has 0 atom stereocenters. The summed E-state index contributed by atoms with van der Waals surface area (Å²) in [5, 5.41) is 3.88. The molecule has 96 valence electrons. The lowest BCUT2D eigenvalue weighted by atomic mass is 10.2. The minimum absolute atomic E-state index is 0.0314. The summed E-state index contributed by atoms with van der Waals surface area (Å²) in [4.78, 5) is 11.6. The van der Waals surface area contributed by atoms with Crippen molar-refractivity contribution in [3.8, 4) is 5.75 Å². The summed E-state index contributed by atoms with van der Waals surface area (Å²) in [6, 6.07) is 7.91. The summed E-state index contributed by atoms with van der Waals surface area (Å²) >= 11 is 0. The van der Waals surface area contributed by atoms with E-state index in [0.29, 0.717) is 19.7 Å². The van der Waals surface area contributed by atoms with Crippen LogP contribution in [0, 0.1) is 0 Å². The second kappa shape index (κ2) is 5.58. The molecule has 0 aliphatic carbocycles. The maximum Gasteiger partial charge on any atom is 0.239 e. The average Bonchev–Trinajstić information content (AvgIpc) is 2.73. The maximum atomic E-state index is 11.6. The molecule has 1 aromatic heterocycles. The minimum atomic E-state index is 0.0314. The molecule has 2 aromatic rings. The number of aromatic nitrogens is 1. The molecule has 0 fully saturated rings. The van der Waals surface area contributed by atoms with Crippen molar-refractivity contribution in [2.75, 3.05) is 13.2 Å². The Labute approximate surface area is 107 Å². The Hall–Kier alpha value is -1.97. The Balaban J connectivity index is 2.23. The number of amides is 1. The van der Waals surface area contributed by atoms with Crippen LogP contribution in [0.4, 0.5) is 0 Å². The van der Waals surface area contributed by atoms with Gasteiger partial charge in [0.2, 0.25) is 5.91 Å². The number of hydrogen-bond acceptors (Lipinski definition) is 2. The van der Waals surface area contributed by atoms with E-state index < -0.39 is 0 Å². The Morgan fingerprint density at radius 1 is 1.33 bits per heavy atom. The number of fused-ring (bicyclic) bond motifs is 1. The fourth-order valence-electron chi connectivity index (χ4n) is 1.98. The van der Waals surface area contributed by atoms with E-state index in [1.54, 1.807) is 0 Å². The Kier molecular flexibility index (Phi) is 3.87. The van der Waals surface area contributed by atoms with Gasteiger partial charge in [0, 0.05) is 23.6 Å². The van der Waals surface area contributed by atoms with Crippen molar-refractivity contribution in [1.29, 1.82) is 0 Å². The second-order valence-corrected chi connectivity index (χ2v) is 4.05. The van der Waals surface area contributed by atoms with Crippen molar-refractivity contribution in [2.24, 2.45) is 0 Å². The van der Waals surface area contributed by atoms with Gasteiger partial charge < -0.3 is 14.6 Å². The Morgan fingerprint density at radius 2 is 2.17 bits per heavy atom. The summed E-state index contributed by atoms with van der Waals surface area (Å²) in [6.07, 6.45) is 1.93. The number of carbonyl (C=O) groups excluding carboxylic acids is 1. The molecule has 1 N–H and O–H groups in total. The van der Waals surface area contributed by atoms with Gasteiger partial charge in [0.05, 0.1) is 6.61 Å². The molecule has 0 saturated carbocycles. The second-order valence-electron chi connectivity index (χ2n) is 4.05. The monoisotopic (exact) mass is 246 g/mol. The third-order valence-electron chi connectivity index (χ3n) is 2.74. The van der Waals surface area contributed by atoms with Crippen LogP contribution >= 0.6 is 0 Å². The molecule has 18 heavy (non-hydrogen) atoms. The number of rotatable bonds is 5. The summed E-state index contributed by atoms with van der Waals surface area (Å²) in [5.41, 5.74) is 1.05. The molecule has 1 aromatic carbocycles. The van der Waals surface area contributed by atoms with E-state index in [1.165, 1.54) is 0 Å². The van der Waals surface area contributed by atoms with Gasteiger partial charge in [-0.1, -0.05) is 0 Å². The zero-order chi connectivity index (χ0) is 13.0. The summed E-state index contributed by atoms with van der Waals surface area (Å²) in [6.45, 7) is 5.55. The molecule has 4 nitrogen and oxygen atoms in total. The van der Waals surface area contributed by atoms with Gasteiger partial charge in [-0.05, 0) is 38.1 Å². The number of hydrogen-bond donors (Lipinski definition) is 1. The molecule has 0 spiro atoms. The molecular formula is C14H18N2O2. The predicted octanol–water partition coefficient (Wildman–Crippen LogP) is 2.18. The van der Waals surface area contributed by atoms with Crippen LogP contribution in [-0.4, -0.2) is 23.6 Å². The van der Waals surface area contributed by atoms with Crippen molar-refractivity contribution in [3.05, 3.63) is 30.5 Å². The van der Waals surface area contributed by atoms with Crippen molar-refractivity contribution in [3.63, 3.8) is 0 Å². The van der Waals surface area contributed by atoms with Crippen molar-refractivity contribution >= 4 is 16.8 Å². The highest BCUT2D eigenvalue weighted by molar-refractivity contribution is 5.84. The standard InChI is InChI=1S/C14H18N2O2/c1-3-15-14(17)10-16-8-7-11-9-12(18-4-2)5-6-13(11)16/h5-9H,3-4,10H2,1-2H3,(H,15,17). The highest BCUT2D eigenvalue weighted by atomic mass is 16.5. The quantitative estimate of drug-likeness (QED) is 0.878. The van der Waals surface area contributed by atoms with Crippen molar-refractivity contribution in [2.45, 2.75) is 20.4 Å². The van der Waals surface area contributed by atoms with Crippen LogP contribution in [0.15, 0.2) is 30.5 Å². The van der Waals surface area contributed by atoms with E-state index >= 15 is 0 Å². The van der Waals surface area contributed by atoms with E-state index in [1.807, 2.05) is 48.9 Å². The van der Waals surface area contributed by atoms with Crippen LogP contribution in [0.25, 0.3) is 10.9 Å². The highest BCUT2D eigenvalue weighted by Gasteiger charge is 2.06. The lowest BCUT2D eigenvalue weighted by Gasteiger charge is -2.06. The van der Waals surface area contributed by atoms with Crippen molar-refractivity contribution < 1.29 is 9.53 Å². The summed E-state index contributed by atoms with van der Waals surface area (Å²) < 4.78 is 7.39. The lowest BCUT2D eigenvalue weighted by Crippen LogP contribution is -2.26. The molecule has 0 bridgehead atoms. The first kappa shape index (κ1) is 12.5. The minimum Gasteiger partial charge on any atom is -0.494 e. The zero-order valence-electron chi connectivity index (χ0n) is 10.8. The van der Waals surface area contributed by atoms with Crippen LogP contribution in [0.3, 0.4) is 0 Å². The highest BCUT2D eigenvalue weighted by Crippen LogP contribution is 2.21. The zero-order valence-corrected chi connectivity index (χ0v) is 10.8. The first-order chi connectivity index (χ1) is 8.74. The Bertz CT molecular complexity index is 546. The topological polar surface area (TPSA) is 43.3 Å². The SMILES string of the molecule is CCNC(=O)Cn1ccc2cc(OCC)ccc21. The summed E-state index contributed by atoms with van der Waals surface area (Å²) in [5.74, 6) is 0.893. The smallest absolute Gasteiger partial charge is 0.239 e. The number of likely N-dealkylation sites (N-methyl/N-ethyl adjacent to an activating group) is 1. The Morgan fingerprint density at radius 3 is 2.89 bits per heavy atom. The van der Waals surface area contributed by atoms with Gasteiger partial charge in [-0.15, -0.1) is 0 Å². The molecule has 1 amide bonds. The molecule has 0 unspecified atom stereocenters. The van der Waals surface area contributed by atoms with E-state index in [9.17, 15) is 4.79 Å². The van der Waals surface area contributed by atoms with Crippen LogP contribution in [-0.2, 0) is 11.3 Å². The fourth-order valence-corrected chi connectivity index (χ4v) is 1.98. The first-order valence-corrected chi connectivity index (χ1v) is 6.23. The van der Waals surface area contributed by atoms with E-state index in [2.05, 4.69) is 5.32 Å². The van der Waals surface area contributed by atoms with E-state index in [4.69, 9.17) is 4.74 Å². The van der Waals surface area contributed by atoms with Gasteiger partial charge in [-0.2, -0.15) is 0 Å². The van der Waals surface area contributed by atoms with E-state index in [0.717, 1.165) is 16.7 Å². The lowest BCUT2D eigenvalue weighted by molar-refractivity contribution is -0.121. The fraction of sp³-hybridized carbons (Fsp3) is 0.357. The third-order valence-corrected chi connectivity index (χ3v) is 2.74. The molecule has 0 radical (unpaired) electrons. The van der Waals surface area contributed by atoms with Crippen LogP contribution in [0.5, 0.6) is 5.75 Å². The summed E-state index contributed by atoms with van der Waals surface area (Å²) in [7, 11) is 0. The first-order valence-electron chi connectivity index (χ1n) is 6.23. The average molecular weight is 246 g/mol. The number of carbonyl (C=O) groups is 1. The third kappa shape index (κ3) is 2.64. The molecule has 0 aliphatic rings. The molecular weight excluding hydrogens is 228 g/mol. The largest absolute Gasteiger partial charge is 0.494 e. The van der Waals surface area contributed by atoms with Gasteiger partial charge in [0.15, 0.2) is 0 Å². The number of ether oxygens (including phenoxy) is 1. The molecule has 0 saturated heterocycles. The van der Waals surface area contributed by atoms with Crippen LogP contribution in [0.1, 0.15) is 13.8 Å². The van der Waals surface area contributed by atoms with Gasteiger partial charge in [-0.25, -0.2) is 0 Å². The molecule has 0 aliphatic heterocycles. The number of benzene rings is 1. The van der Waals surface area contributed by atoms with Gasteiger partial charge in [-0.3, -0.25) is 4.79 Å². The van der Waals surface area contributed by atoms with Gasteiger partial charge in [0.25, 0.3) is 0 Å². The molecule has 1 heterocycles. The number of nitrogens with one attached hydrogen (secondary N) is 1. The normalized spacial score (nSPS) is 10.6. The van der Waals surface area contributed by atoms with Crippen LogP contribution in [0.2, 0.25) is 0 Å². The van der Waals surface area contributed by atoms with Crippen LogP contribution < -0.4 is 10.1 Å². The molecule has 4 heteroatoms. The van der Waals surface area contributed by atoms with Gasteiger partial charge >= 0.3 is 0 Å². The van der Waals surface area contributed by atoms with Crippen molar-refractivity contribution in [1.82, 2.24) is 9.88 Å². The number of nitrogens with zero attached hydrogens (tertiary/aromatic N) is 1.